The van der Waals surface area contributed by atoms with Crippen LogP contribution in [0.4, 0.5) is 13.2 Å². The largest absolute Gasteiger partial charge is 0.573 e. The molecule has 0 spiro atoms. The third kappa shape index (κ3) is 5.38. The van der Waals surface area contributed by atoms with Gasteiger partial charge in [0.05, 0.1) is 19.6 Å². The van der Waals surface area contributed by atoms with Crippen molar-refractivity contribution in [2.24, 2.45) is 0 Å². The fraction of sp³-hybridized carbons (Fsp3) is 0.462. The van der Waals surface area contributed by atoms with Gasteiger partial charge in [-0.15, -0.1) is 13.2 Å². The zero-order valence-corrected chi connectivity index (χ0v) is 11.1. The van der Waals surface area contributed by atoms with E-state index in [1.54, 1.807) is 13.8 Å². The third-order valence-corrected chi connectivity index (χ3v) is 2.21. The van der Waals surface area contributed by atoms with Crippen LogP contribution < -0.4 is 9.47 Å². The number of carbonyl (C=O) groups is 1. The molecule has 0 atom stereocenters. The van der Waals surface area contributed by atoms with Gasteiger partial charge in [0.1, 0.15) is 11.5 Å². The Morgan fingerprint density at radius 2 is 1.90 bits per heavy atom. The van der Waals surface area contributed by atoms with Gasteiger partial charge in [-0.2, -0.15) is 0 Å². The molecule has 0 unspecified atom stereocenters. The maximum atomic E-state index is 12.2. The standard InChI is InChI=1S/C13H15F3O4/c1-3-18-11-6-5-10(20-13(14,15)16)7-9(11)8-12(17)19-4-2/h5-7H,3-4,8H2,1-2H3. The van der Waals surface area contributed by atoms with E-state index in [1.807, 2.05) is 0 Å². The second kappa shape index (κ2) is 7.02. The predicted octanol–water partition coefficient (Wildman–Crippen LogP) is 3.09. The van der Waals surface area contributed by atoms with Gasteiger partial charge in [-0.05, 0) is 32.0 Å². The van der Waals surface area contributed by atoms with Gasteiger partial charge in [0, 0.05) is 5.56 Å². The molecule has 1 rings (SSSR count). The van der Waals surface area contributed by atoms with E-state index < -0.39 is 18.1 Å². The van der Waals surface area contributed by atoms with Gasteiger partial charge >= 0.3 is 12.3 Å². The van der Waals surface area contributed by atoms with Crippen LogP contribution in [-0.4, -0.2) is 25.5 Å². The summed E-state index contributed by atoms with van der Waals surface area (Å²) in [4.78, 5) is 11.4. The fourth-order valence-corrected chi connectivity index (χ4v) is 1.55. The van der Waals surface area contributed by atoms with E-state index in [0.29, 0.717) is 12.4 Å². The van der Waals surface area contributed by atoms with Crippen LogP contribution in [0.1, 0.15) is 19.4 Å². The van der Waals surface area contributed by atoms with Gasteiger partial charge in [-0.25, -0.2) is 0 Å². The molecule has 0 aliphatic carbocycles. The maximum Gasteiger partial charge on any atom is 0.573 e. The van der Waals surface area contributed by atoms with E-state index in [1.165, 1.54) is 6.07 Å². The van der Waals surface area contributed by atoms with E-state index in [0.717, 1.165) is 12.1 Å². The molecule has 4 nitrogen and oxygen atoms in total. The SMILES string of the molecule is CCOC(=O)Cc1cc(OC(F)(F)F)ccc1OCC. The topological polar surface area (TPSA) is 44.8 Å². The maximum absolute atomic E-state index is 12.2. The zero-order chi connectivity index (χ0) is 15.2. The highest BCUT2D eigenvalue weighted by molar-refractivity contribution is 5.73. The van der Waals surface area contributed by atoms with Crippen LogP contribution in [0.3, 0.4) is 0 Å². The van der Waals surface area contributed by atoms with E-state index in [2.05, 4.69) is 4.74 Å². The Hall–Kier alpha value is -1.92. The lowest BCUT2D eigenvalue weighted by Crippen LogP contribution is -2.17. The summed E-state index contributed by atoms with van der Waals surface area (Å²) in [7, 11) is 0. The van der Waals surface area contributed by atoms with Crippen molar-refractivity contribution in [3.05, 3.63) is 23.8 Å². The molecule has 0 amide bonds. The number of esters is 1. The van der Waals surface area contributed by atoms with Crippen molar-refractivity contribution in [1.82, 2.24) is 0 Å². The number of ether oxygens (including phenoxy) is 3. The predicted molar refractivity (Wildman–Crippen MR) is 64.6 cm³/mol. The minimum atomic E-state index is -4.78. The normalized spacial score (nSPS) is 11.1. The monoisotopic (exact) mass is 292 g/mol. The molecular formula is C13H15F3O4. The number of hydrogen-bond donors (Lipinski definition) is 0. The zero-order valence-electron chi connectivity index (χ0n) is 11.1. The van der Waals surface area contributed by atoms with Crippen LogP contribution in [-0.2, 0) is 16.0 Å². The number of hydrogen-bond acceptors (Lipinski definition) is 4. The number of alkyl halides is 3. The summed E-state index contributed by atoms with van der Waals surface area (Å²) < 4.78 is 50.3. The molecule has 0 radical (unpaired) electrons. The number of rotatable bonds is 6. The van der Waals surface area contributed by atoms with Gasteiger partial charge in [0.25, 0.3) is 0 Å². The van der Waals surface area contributed by atoms with Gasteiger partial charge in [-0.3, -0.25) is 4.79 Å². The minimum absolute atomic E-state index is 0.182. The molecule has 7 heteroatoms. The molecule has 0 aromatic heterocycles. The molecule has 0 saturated carbocycles. The Labute approximate surface area is 114 Å². The van der Waals surface area contributed by atoms with Crippen LogP contribution in [0.2, 0.25) is 0 Å². The van der Waals surface area contributed by atoms with Crippen LogP contribution in [0.25, 0.3) is 0 Å². The van der Waals surface area contributed by atoms with Crippen molar-refractivity contribution < 1.29 is 32.2 Å². The van der Waals surface area contributed by atoms with E-state index >= 15 is 0 Å². The first-order chi connectivity index (χ1) is 9.35. The van der Waals surface area contributed by atoms with E-state index in [9.17, 15) is 18.0 Å². The summed E-state index contributed by atoms with van der Waals surface area (Å²) in [6.07, 6.45) is -4.97. The lowest BCUT2D eigenvalue weighted by Gasteiger charge is -2.13. The van der Waals surface area contributed by atoms with Crippen LogP contribution in [0.15, 0.2) is 18.2 Å². The molecule has 0 fully saturated rings. The van der Waals surface area contributed by atoms with Crippen molar-refractivity contribution in [3.8, 4) is 11.5 Å². The van der Waals surface area contributed by atoms with Crippen molar-refractivity contribution in [2.75, 3.05) is 13.2 Å². The van der Waals surface area contributed by atoms with Crippen LogP contribution in [0, 0.1) is 0 Å². The molecule has 0 saturated heterocycles. The number of halogens is 3. The first-order valence-corrected chi connectivity index (χ1v) is 6.02. The average Bonchev–Trinajstić information content (AvgIpc) is 2.31. The number of benzene rings is 1. The Bertz CT molecular complexity index is 457. The minimum Gasteiger partial charge on any atom is -0.494 e. The van der Waals surface area contributed by atoms with Crippen molar-refractivity contribution in [1.29, 1.82) is 0 Å². The molecule has 1 aromatic carbocycles. The van der Waals surface area contributed by atoms with E-state index in [4.69, 9.17) is 9.47 Å². The van der Waals surface area contributed by atoms with Crippen molar-refractivity contribution >= 4 is 5.97 Å². The summed E-state index contributed by atoms with van der Waals surface area (Å²) >= 11 is 0. The number of carbonyl (C=O) groups excluding carboxylic acids is 1. The van der Waals surface area contributed by atoms with Gasteiger partial charge in [-0.1, -0.05) is 0 Å². The Morgan fingerprint density at radius 1 is 1.20 bits per heavy atom. The van der Waals surface area contributed by atoms with Crippen molar-refractivity contribution in [2.45, 2.75) is 26.6 Å². The van der Waals surface area contributed by atoms with Crippen molar-refractivity contribution in [3.63, 3.8) is 0 Å². The van der Waals surface area contributed by atoms with Crippen LogP contribution in [0.5, 0.6) is 11.5 Å². The molecule has 20 heavy (non-hydrogen) atoms. The summed E-state index contributed by atoms with van der Waals surface area (Å²) in [5.41, 5.74) is 0.284. The highest BCUT2D eigenvalue weighted by Crippen LogP contribution is 2.29. The Balaban J connectivity index is 2.96. The molecular weight excluding hydrogens is 277 g/mol. The van der Waals surface area contributed by atoms with Gasteiger partial charge in [0.2, 0.25) is 0 Å². The lowest BCUT2D eigenvalue weighted by atomic mass is 10.1. The molecule has 0 aliphatic heterocycles. The van der Waals surface area contributed by atoms with Crippen LogP contribution >= 0.6 is 0 Å². The molecule has 0 N–H and O–H groups in total. The molecule has 0 aliphatic rings. The lowest BCUT2D eigenvalue weighted by molar-refractivity contribution is -0.274. The highest BCUT2D eigenvalue weighted by atomic mass is 19.4. The second-order valence-electron chi connectivity index (χ2n) is 3.73. The highest BCUT2D eigenvalue weighted by Gasteiger charge is 2.31. The smallest absolute Gasteiger partial charge is 0.494 e. The molecule has 112 valence electrons. The van der Waals surface area contributed by atoms with Gasteiger partial charge < -0.3 is 14.2 Å². The van der Waals surface area contributed by atoms with E-state index in [-0.39, 0.29) is 18.6 Å². The molecule has 0 bridgehead atoms. The summed E-state index contributed by atoms with van der Waals surface area (Å²) in [5, 5.41) is 0. The Kier molecular flexibility index (Phi) is 5.66. The summed E-state index contributed by atoms with van der Waals surface area (Å²) in [6, 6.07) is 3.58. The fourth-order valence-electron chi connectivity index (χ4n) is 1.55. The second-order valence-corrected chi connectivity index (χ2v) is 3.73. The average molecular weight is 292 g/mol. The first-order valence-electron chi connectivity index (χ1n) is 6.02. The summed E-state index contributed by atoms with van der Waals surface area (Å²) in [6.45, 7) is 3.90. The Morgan fingerprint density at radius 3 is 2.45 bits per heavy atom. The quantitative estimate of drug-likeness (QED) is 0.756. The first kappa shape index (κ1) is 16.1. The molecule has 0 heterocycles. The molecule has 1 aromatic rings. The van der Waals surface area contributed by atoms with Gasteiger partial charge in [0.15, 0.2) is 0 Å². The third-order valence-electron chi connectivity index (χ3n) is 2.21. The summed E-state index contributed by atoms with van der Waals surface area (Å²) in [5.74, 6) is -0.618.